The summed E-state index contributed by atoms with van der Waals surface area (Å²) in [5, 5.41) is 3.54. The minimum absolute atomic E-state index is 0.125. The molecule has 0 saturated carbocycles. The lowest BCUT2D eigenvalue weighted by molar-refractivity contribution is -0.116. The molecule has 1 N–H and O–H groups in total. The van der Waals surface area contributed by atoms with Gasteiger partial charge in [-0.05, 0) is 42.0 Å². The number of aromatic nitrogens is 2. The van der Waals surface area contributed by atoms with E-state index in [1.165, 1.54) is 7.11 Å². The number of nitrogens with zero attached hydrogens (tertiary/aromatic N) is 2. The quantitative estimate of drug-likeness (QED) is 0.722. The maximum absolute atomic E-state index is 12.6. The summed E-state index contributed by atoms with van der Waals surface area (Å²) in [7, 11) is 1.52. The van der Waals surface area contributed by atoms with Gasteiger partial charge in [0.1, 0.15) is 5.69 Å². The Morgan fingerprint density at radius 2 is 1.92 bits per heavy atom. The van der Waals surface area contributed by atoms with E-state index in [2.05, 4.69) is 10.3 Å². The average molecular weight is 356 g/mol. The lowest BCUT2D eigenvalue weighted by atomic mass is 10.0. The molecule has 0 saturated heterocycles. The predicted molar refractivity (Wildman–Crippen MR) is 98.1 cm³/mol. The van der Waals surface area contributed by atoms with Crippen LogP contribution in [0, 0.1) is 0 Å². The largest absolute Gasteiger partial charge is 0.480 e. The second-order valence-corrected chi connectivity index (χ2v) is 5.95. The standard InChI is InChI=1S/C19H18ClN3O2/c1-25-19-16(5-4-10-21-19)22-18(24)13-17(23-11-2-3-12-23)14-6-8-15(20)9-7-14/h2-12,17H,13H2,1H3,(H,22,24)/t17-/m1/s1. The number of carbonyl (C=O) groups is 1. The molecule has 1 aromatic carbocycles. The van der Waals surface area contributed by atoms with E-state index in [4.69, 9.17) is 16.3 Å². The number of amides is 1. The van der Waals surface area contributed by atoms with Crippen molar-refractivity contribution in [2.75, 3.05) is 12.4 Å². The number of anilines is 1. The molecule has 0 bridgehead atoms. The van der Waals surface area contributed by atoms with Crippen LogP contribution >= 0.6 is 11.6 Å². The Balaban J connectivity index is 1.80. The van der Waals surface area contributed by atoms with Gasteiger partial charge in [0.05, 0.1) is 19.6 Å². The van der Waals surface area contributed by atoms with Gasteiger partial charge >= 0.3 is 0 Å². The molecule has 3 rings (SSSR count). The van der Waals surface area contributed by atoms with Crippen LogP contribution < -0.4 is 10.1 Å². The zero-order chi connectivity index (χ0) is 17.6. The Morgan fingerprint density at radius 1 is 1.20 bits per heavy atom. The Morgan fingerprint density at radius 3 is 2.60 bits per heavy atom. The van der Waals surface area contributed by atoms with Gasteiger partial charge in [0.2, 0.25) is 11.8 Å². The maximum Gasteiger partial charge on any atom is 0.237 e. The van der Waals surface area contributed by atoms with E-state index in [1.807, 2.05) is 53.4 Å². The van der Waals surface area contributed by atoms with Crippen molar-refractivity contribution in [1.82, 2.24) is 9.55 Å². The van der Waals surface area contributed by atoms with Crippen LogP contribution in [-0.2, 0) is 4.79 Å². The van der Waals surface area contributed by atoms with Crippen LogP contribution in [-0.4, -0.2) is 22.6 Å². The molecule has 3 aromatic rings. The molecule has 6 heteroatoms. The molecule has 25 heavy (non-hydrogen) atoms. The van der Waals surface area contributed by atoms with Crippen LogP contribution in [0.3, 0.4) is 0 Å². The summed E-state index contributed by atoms with van der Waals surface area (Å²) < 4.78 is 7.18. The summed E-state index contributed by atoms with van der Waals surface area (Å²) >= 11 is 5.98. The molecule has 1 amide bonds. The predicted octanol–water partition coefficient (Wildman–Crippen LogP) is 4.16. The first kappa shape index (κ1) is 17.0. The van der Waals surface area contributed by atoms with Gasteiger partial charge in [-0.2, -0.15) is 0 Å². The van der Waals surface area contributed by atoms with E-state index in [0.717, 1.165) is 5.56 Å². The summed E-state index contributed by atoms with van der Waals surface area (Å²) in [5.41, 5.74) is 1.56. The molecule has 0 fully saturated rings. The number of rotatable bonds is 6. The molecule has 2 aromatic heterocycles. The van der Waals surface area contributed by atoms with E-state index in [1.54, 1.807) is 18.3 Å². The third kappa shape index (κ3) is 4.19. The first-order chi connectivity index (χ1) is 12.2. The van der Waals surface area contributed by atoms with Crippen LogP contribution in [0.2, 0.25) is 5.02 Å². The van der Waals surface area contributed by atoms with E-state index < -0.39 is 0 Å². The highest BCUT2D eigenvalue weighted by atomic mass is 35.5. The van der Waals surface area contributed by atoms with Crippen molar-refractivity contribution < 1.29 is 9.53 Å². The summed E-state index contributed by atoms with van der Waals surface area (Å²) in [6, 6.07) is 14.8. The van der Waals surface area contributed by atoms with E-state index in [9.17, 15) is 4.79 Å². The van der Waals surface area contributed by atoms with Gasteiger partial charge in [-0.1, -0.05) is 23.7 Å². The second-order valence-electron chi connectivity index (χ2n) is 5.51. The highest BCUT2D eigenvalue weighted by Crippen LogP contribution is 2.26. The normalized spacial score (nSPS) is 11.8. The maximum atomic E-state index is 12.6. The Labute approximate surface area is 151 Å². The number of hydrogen-bond donors (Lipinski definition) is 1. The Kier molecular flexibility index (Phi) is 5.36. The molecule has 0 radical (unpaired) electrons. The fourth-order valence-electron chi connectivity index (χ4n) is 2.66. The Hall–Kier alpha value is -2.79. The third-order valence-corrected chi connectivity index (χ3v) is 4.11. The fraction of sp³-hybridized carbons (Fsp3) is 0.158. The molecule has 2 heterocycles. The molecule has 128 valence electrons. The minimum Gasteiger partial charge on any atom is -0.480 e. The molecule has 0 aliphatic rings. The lowest BCUT2D eigenvalue weighted by Crippen LogP contribution is -2.20. The van der Waals surface area contributed by atoms with Crippen LogP contribution in [0.25, 0.3) is 0 Å². The van der Waals surface area contributed by atoms with Crippen molar-refractivity contribution in [3.05, 3.63) is 77.7 Å². The number of hydrogen-bond acceptors (Lipinski definition) is 3. The highest BCUT2D eigenvalue weighted by Gasteiger charge is 2.18. The number of pyridine rings is 1. The zero-order valence-electron chi connectivity index (χ0n) is 13.7. The monoisotopic (exact) mass is 355 g/mol. The first-order valence-corrected chi connectivity index (χ1v) is 8.22. The summed E-state index contributed by atoms with van der Waals surface area (Å²) in [4.78, 5) is 16.7. The Bertz CT molecular complexity index is 832. The number of carbonyl (C=O) groups excluding carboxylic acids is 1. The van der Waals surface area contributed by atoms with Crippen molar-refractivity contribution in [3.8, 4) is 5.88 Å². The lowest BCUT2D eigenvalue weighted by Gasteiger charge is -2.19. The van der Waals surface area contributed by atoms with Crippen LogP contribution in [0.4, 0.5) is 5.69 Å². The fourth-order valence-corrected chi connectivity index (χ4v) is 2.79. The summed E-state index contributed by atoms with van der Waals surface area (Å²) in [6.07, 6.45) is 5.77. The number of benzene rings is 1. The van der Waals surface area contributed by atoms with Gasteiger partial charge in [0.25, 0.3) is 0 Å². The molecule has 1 atom stereocenters. The van der Waals surface area contributed by atoms with E-state index in [0.29, 0.717) is 16.6 Å². The molecular formula is C19H18ClN3O2. The zero-order valence-corrected chi connectivity index (χ0v) is 14.5. The van der Waals surface area contributed by atoms with Crippen molar-refractivity contribution in [1.29, 1.82) is 0 Å². The van der Waals surface area contributed by atoms with Gasteiger partial charge < -0.3 is 14.6 Å². The third-order valence-electron chi connectivity index (χ3n) is 3.86. The van der Waals surface area contributed by atoms with Gasteiger partial charge in [0, 0.05) is 23.6 Å². The number of nitrogens with one attached hydrogen (secondary N) is 1. The SMILES string of the molecule is COc1ncccc1NC(=O)C[C@H](c1ccc(Cl)cc1)n1cccc1. The second kappa shape index (κ2) is 7.85. The summed E-state index contributed by atoms with van der Waals surface area (Å²) in [5.74, 6) is 0.264. The number of halogens is 1. The van der Waals surface area contributed by atoms with Crippen LogP contribution in [0.5, 0.6) is 5.88 Å². The summed E-state index contributed by atoms with van der Waals surface area (Å²) in [6.45, 7) is 0. The first-order valence-electron chi connectivity index (χ1n) is 7.84. The van der Waals surface area contributed by atoms with Crippen molar-refractivity contribution in [3.63, 3.8) is 0 Å². The molecule has 0 aliphatic carbocycles. The van der Waals surface area contributed by atoms with Crippen LogP contribution in [0.15, 0.2) is 67.1 Å². The highest BCUT2D eigenvalue weighted by molar-refractivity contribution is 6.30. The van der Waals surface area contributed by atoms with Gasteiger partial charge in [-0.25, -0.2) is 4.98 Å². The molecule has 0 aliphatic heterocycles. The smallest absolute Gasteiger partial charge is 0.237 e. The topological polar surface area (TPSA) is 56.1 Å². The average Bonchev–Trinajstić information content (AvgIpc) is 3.15. The van der Waals surface area contributed by atoms with E-state index in [-0.39, 0.29) is 18.4 Å². The van der Waals surface area contributed by atoms with Gasteiger partial charge in [0.15, 0.2) is 0 Å². The van der Waals surface area contributed by atoms with Crippen molar-refractivity contribution in [2.24, 2.45) is 0 Å². The number of methoxy groups -OCH3 is 1. The molecule has 0 spiro atoms. The van der Waals surface area contributed by atoms with Crippen LogP contribution in [0.1, 0.15) is 18.0 Å². The molecule has 5 nitrogen and oxygen atoms in total. The minimum atomic E-state index is -0.130. The van der Waals surface area contributed by atoms with E-state index >= 15 is 0 Å². The van der Waals surface area contributed by atoms with Gasteiger partial charge in [-0.3, -0.25) is 4.79 Å². The van der Waals surface area contributed by atoms with Crippen molar-refractivity contribution in [2.45, 2.75) is 12.5 Å². The van der Waals surface area contributed by atoms with Crippen molar-refractivity contribution >= 4 is 23.2 Å². The van der Waals surface area contributed by atoms with Gasteiger partial charge in [-0.15, -0.1) is 0 Å². The molecular weight excluding hydrogens is 338 g/mol. The number of ether oxygens (including phenoxy) is 1. The molecule has 0 unspecified atom stereocenters.